The molecule has 0 N–H and O–H groups in total. The number of aryl methyl sites for hydroxylation is 1. The maximum atomic E-state index is 14.0. The molecule has 0 aliphatic rings. The lowest BCUT2D eigenvalue weighted by Crippen LogP contribution is -2.23. The molecule has 1 heterocycles. The van der Waals surface area contributed by atoms with Crippen molar-refractivity contribution in [2.45, 2.75) is 33.7 Å². The van der Waals surface area contributed by atoms with E-state index in [4.69, 9.17) is 0 Å². The van der Waals surface area contributed by atoms with Crippen LogP contribution in [0.1, 0.15) is 12.6 Å². The van der Waals surface area contributed by atoms with E-state index in [1.165, 1.54) is 6.33 Å². The number of benzene rings is 1. The summed E-state index contributed by atoms with van der Waals surface area (Å²) in [6, 6.07) is 3.98. The summed E-state index contributed by atoms with van der Waals surface area (Å²) in [5, 5.41) is 0.0169. The molecule has 1 aromatic heterocycles. The molecule has 0 atom stereocenters. The van der Waals surface area contributed by atoms with Crippen molar-refractivity contribution >= 4 is 21.6 Å². The summed E-state index contributed by atoms with van der Waals surface area (Å²) < 4.78 is 73.8. The van der Waals surface area contributed by atoms with Crippen molar-refractivity contribution in [3.05, 3.63) is 42.1 Å². The van der Waals surface area contributed by atoms with Crippen LogP contribution in [-0.2, 0) is 16.3 Å². The topological polar surface area (TPSA) is 59.9 Å². The predicted molar refractivity (Wildman–Crippen MR) is 75.2 cm³/mol. The third kappa shape index (κ3) is 3.63. The van der Waals surface area contributed by atoms with Gasteiger partial charge in [-0.15, -0.1) is 0 Å². The van der Waals surface area contributed by atoms with E-state index < -0.39 is 26.1 Å². The van der Waals surface area contributed by atoms with Crippen LogP contribution in [0.2, 0.25) is 0 Å². The normalized spacial score (nSPS) is 12.4. The molecule has 23 heavy (non-hydrogen) atoms. The number of hydrogen-bond donors (Lipinski definition) is 0. The minimum Gasteiger partial charge on any atom is -0.238 e. The van der Waals surface area contributed by atoms with Crippen LogP contribution in [0.15, 0.2) is 45.4 Å². The van der Waals surface area contributed by atoms with E-state index in [9.17, 15) is 26.0 Å². The van der Waals surface area contributed by atoms with Crippen LogP contribution in [0.3, 0.4) is 0 Å². The minimum atomic E-state index is -5.39. The summed E-state index contributed by atoms with van der Waals surface area (Å²) in [7, 11) is -5.39. The summed E-state index contributed by atoms with van der Waals surface area (Å²) in [4.78, 5) is 7.02. The summed E-state index contributed by atoms with van der Waals surface area (Å²) in [6.45, 7) is 1.72. The van der Waals surface area contributed by atoms with Gasteiger partial charge in [-0.05, 0) is 30.7 Å². The number of aromatic nitrogens is 2. The SMILES string of the molecule is CCc1ncnc(Sc2ccc(S(=O)(=O)C(F)(F)F)cc2)c1F. The van der Waals surface area contributed by atoms with Gasteiger partial charge in [0.2, 0.25) is 0 Å². The highest BCUT2D eigenvalue weighted by atomic mass is 32.2. The first-order chi connectivity index (χ1) is 10.7. The van der Waals surface area contributed by atoms with Crippen molar-refractivity contribution in [1.29, 1.82) is 0 Å². The summed E-state index contributed by atoms with van der Waals surface area (Å²) in [5.41, 5.74) is -5.14. The second-order valence-corrected chi connectivity index (χ2v) is 7.32. The molecule has 0 fully saturated rings. The fourth-order valence-electron chi connectivity index (χ4n) is 1.64. The number of nitrogens with zero attached hydrogens (tertiary/aromatic N) is 2. The van der Waals surface area contributed by atoms with Gasteiger partial charge in [0.05, 0.1) is 10.6 Å². The first-order valence-corrected chi connectivity index (χ1v) is 8.55. The van der Waals surface area contributed by atoms with Crippen LogP contribution in [0.25, 0.3) is 0 Å². The monoisotopic (exact) mass is 366 g/mol. The highest BCUT2D eigenvalue weighted by Crippen LogP contribution is 2.33. The van der Waals surface area contributed by atoms with Gasteiger partial charge in [-0.25, -0.2) is 22.8 Å². The van der Waals surface area contributed by atoms with Gasteiger partial charge >= 0.3 is 5.51 Å². The van der Waals surface area contributed by atoms with Gasteiger partial charge in [0, 0.05) is 4.90 Å². The Kier molecular flexibility index (Phi) is 4.95. The van der Waals surface area contributed by atoms with Gasteiger partial charge in [-0.3, -0.25) is 0 Å². The molecule has 0 aliphatic carbocycles. The number of rotatable bonds is 4. The van der Waals surface area contributed by atoms with E-state index >= 15 is 0 Å². The number of alkyl halides is 3. The Morgan fingerprint density at radius 1 is 1.13 bits per heavy atom. The zero-order chi connectivity index (χ0) is 17.3. The van der Waals surface area contributed by atoms with Gasteiger partial charge in [0.25, 0.3) is 9.84 Å². The average Bonchev–Trinajstić information content (AvgIpc) is 2.49. The molecule has 0 amide bonds. The van der Waals surface area contributed by atoms with E-state index in [1.807, 2.05) is 0 Å². The predicted octanol–water partition coefficient (Wildman–Crippen LogP) is 3.62. The molecular weight excluding hydrogens is 356 g/mol. The molecular formula is C13H10F4N2O2S2. The molecule has 0 unspecified atom stereocenters. The highest BCUT2D eigenvalue weighted by Gasteiger charge is 2.46. The summed E-state index contributed by atoms with van der Waals surface area (Å²) in [5.74, 6) is -0.605. The van der Waals surface area contributed by atoms with Crippen LogP contribution in [0.4, 0.5) is 17.6 Å². The van der Waals surface area contributed by atoms with Gasteiger partial charge in [-0.2, -0.15) is 13.2 Å². The van der Waals surface area contributed by atoms with Gasteiger partial charge in [0.15, 0.2) is 5.82 Å². The summed E-state index contributed by atoms with van der Waals surface area (Å²) >= 11 is 0.868. The number of hydrogen-bond acceptors (Lipinski definition) is 5. The molecule has 0 aliphatic heterocycles. The van der Waals surface area contributed by atoms with Crippen molar-refractivity contribution < 1.29 is 26.0 Å². The third-order valence-electron chi connectivity index (χ3n) is 2.82. The largest absolute Gasteiger partial charge is 0.501 e. The second kappa shape index (κ2) is 6.44. The fraction of sp³-hybridized carbons (Fsp3) is 0.231. The van der Waals surface area contributed by atoms with Crippen LogP contribution in [-0.4, -0.2) is 23.9 Å². The Balaban J connectivity index is 2.28. The molecule has 0 spiro atoms. The maximum Gasteiger partial charge on any atom is 0.501 e. The third-order valence-corrected chi connectivity index (χ3v) is 5.31. The van der Waals surface area contributed by atoms with Crippen LogP contribution < -0.4 is 0 Å². The van der Waals surface area contributed by atoms with Crippen molar-refractivity contribution in [3.8, 4) is 0 Å². The zero-order valence-corrected chi connectivity index (χ0v) is 13.3. The Hall–Kier alpha value is -1.68. The quantitative estimate of drug-likeness (QED) is 0.611. The highest BCUT2D eigenvalue weighted by molar-refractivity contribution is 7.99. The molecule has 124 valence electrons. The van der Waals surface area contributed by atoms with Crippen molar-refractivity contribution in [1.82, 2.24) is 9.97 Å². The van der Waals surface area contributed by atoms with E-state index in [0.717, 1.165) is 36.0 Å². The van der Waals surface area contributed by atoms with Gasteiger partial charge in [-0.1, -0.05) is 18.7 Å². The molecule has 1 aromatic carbocycles. The smallest absolute Gasteiger partial charge is 0.238 e. The van der Waals surface area contributed by atoms with E-state index in [1.54, 1.807) is 6.92 Å². The average molecular weight is 366 g/mol. The Morgan fingerprint density at radius 3 is 2.26 bits per heavy atom. The first kappa shape index (κ1) is 17.7. The zero-order valence-electron chi connectivity index (χ0n) is 11.6. The van der Waals surface area contributed by atoms with Crippen molar-refractivity contribution in [3.63, 3.8) is 0 Å². The fourth-order valence-corrected chi connectivity index (χ4v) is 3.20. The van der Waals surface area contributed by atoms with Gasteiger partial charge < -0.3 is 0 Å². The molecule has 0 radical (unpaired) electrons. The van der Waals surface area contributed by atoms with Crippen molar-refractivity contribution in [2.75, 3.05) is 0 Å². The molecule has 2 aromatic rings. The Bertz CT molecular complexity index is 806. The van der Waals surface area contributed by atoms with Crippen LogP contribution in [0.5, 0.6) is 0 Å². The van der Waals surface area contributed by atoms with E-state index in [-0.39, 0.29) is 10.7 Å². The standard InChI is InChI=1S/C13H10F4N2O2S2/c1-2-10-11(14)12(19-7-18-10)22-8-3-5-9(6-4-8)23(20,21)13(15,16)17/h3-7H,2H2,1H3. The molecule has 2 rings (SSSR count). The lowest BCUT2D eigenvalue weighted by Gasteiger charge is -2.09. The molecule has 0 saturated heterocycles. The Morgan fingerprint density at radius 2 is 1.74 bits per heavy atom. The lowest BCUT2D eigenvalue weighted by molar-refractivity contribution is -0.0436. The lowest BCUT2D eigenvalue weighted by atomic mass is 10.3. The molecule has 0 saturated carbocycles. The minimum absolute atomic E-state index is 0.0169. The number of sulfone groups is 1. The summed E-state index contributed by atoms with van der Waals surface area (Å²) in [6.07, 6.45) is 1.55. The maximum absolute atomic E-state index is 14.0. The molecule has 10 heteroatoms. The molecule has 4 nitrogen and oxygen atoms in total. The second-order valence-electron chi connectivity index (χ2n) is 4.32. The van der Waals surface area contributed by atoms with E-state index in [0.29, 0.717) is 11.3 Å². The van der Waals surface area contributed by atoms with Gasteiger partial charge in [0.1, 0.15) is 11.4 Å². The first-order valence-electron chi connectivity index (χ1n) is 6.25. The van der Waals surface area contributed by atoms with Crippen LogP contribution >= 0.6 is 11.8 Å². The van der Waals surface area contributed by atoms with E-state index in [2.05, 4.69) is 9.97 Å². The van der Waals surface area contributed by atoms with Crippen molar-refractivity contribution in [2.24, 2.45) is 0 Å². The Labute approximate surface area is 133 Å². The van der Waals surface area contributed by atoms with Crippen LogP contribution in [0, 0.1) is 5.82 Å². The number of halogens is 4. The molecule has 0 bridgehead atoms.